The molecule has 2 saturated carbocycles. The van der Waals surface area contributed by atoms with Crippen molar-refractivity contribution in [2.24, 2.45) is 16.7 Å². The van der Waals surface area contributed by atoms with E-state index in [9.17, 15) is 24.4 Å². The van der Waals surface area contributed by atoms with E-state index in [4.69, 9.17) is 9.47 Å². The molecular formula is C47H60N8O6. The number of hydrogen-bond acceptors (Lipinski definition) is 11. The largest absolute Gasteiger partial charge is 0.490 e. The number of benzene rings is 2. The Hall–Kier alpha value is -5.55. The summed E-state index contributed by atoms with van der Waals surface area (Å²) in [7, 11) is 0. The summed E-state index contributed by atoms with van der Waals surface area (Å²) in [5.74, 6) is 1.24. The van der Waals surface area contributed by atoms with Crippen LogP contribution in [0.15, 0.2) is 48.8 Å². The van der Waals surface area contributed by atoms with Crippen LogP contribution in [-0.2, 0) is 9.59 Å². The molecule has 2 saturated heterocycles. The number of nitrogens with zero attached hydrogens (tertiary/aromatic N) is 5. The van der Waals surface area contributed by atoms with Crippen LogP contribution in [0.2, 0.25) is 0 Å². The fraction of sp³-hybridized carbons (Fsp3) is 0.553. The van der Waals surface area contributed by atoms with Crippen LogP contribution < -0.4 is 30.3 Å². The Balaban J connectivity index is 0.858. The molecule has 7 rings (SSSR count). The molecule has 1 unspecified atom stereocenters. The van der Waals surface area contributed by atoms with Crippen molar-refractivity contribution in [3.63, 3.8) is 0 Å². The Bertz CT molecular complexity index is 2150. The van der Waals surface area contributed by atoms with Crippen molar-refractivity contribution in [3.05, 3.63) is 76.7 Å². The summed E-state index contributed by atoms with van der Waals surface area (Å²) in [5, 5.41) is 17.7. The van der Waals surface area contributed by atoms with Gasteiger partial charge in [-0.05, 0) is 94.3 Å². The Kier molecular flexibility index (Phi) is 12.4. The standard InChI is InChI=1S/C47H60N8O6/c1-27(2)55(32-21-35(22-32)60-33-11-9-10-31(20-33)41(57)51-37-12-13-40(56)52-42(37)58)26-30-14-16-54(17-15-30)39-25-49-38(24-50-39)43(59)53-44-46(5,6)45(47(44,7)8)61-34-18-28(3)36(23-48)29(4)19-34/h9-11,18-20,24-25,27,30,32,35,37,44-45H,12-17,21-22,26H2,1-8H3,(H,51,57)(H,53,59)(H,52,56,58)/t32-,35-,37?,44-,45-. The quantitative estimate of drug-likeness (QED) is 0.181. The molecule has 324 valence electrons. The smallest absolute Gasteiger partial charge is 0.271 e. The van der Waals surface area contributed by atoms with Gasteiger partial charge in [-0.3, -0.25) is 29.4 Å². The highest BCUT2D eigenvalue weighted by molar-refractivity contribution is 6.03. The lowest BCUT2D eigenvalue weighted by atomic mass is 9.49. The summed E-state index contributed by atoms with van der Waals surface area (Å²) < 4.78 is 12.8. The molecule has 3 aromatic rings. The second-order valence-electron chi connectivity index (χ2n) is 18.9. The van der Waals surface area contributed by atoms with Crippen molar-refractivity contribution in [1.29, 1.82) is 5.26 Å². The van der Waals surface area contributed by atoms with E-state index in [2.05, 4.69) is 83.3 Å². The lowest BCUT2D eigenvalue weighted by Crippen LogP contribution is -2.74. The van der Waals surface area contributed by atoms with Crippen molar-refractivity contribution in [3.8, 4) is 17.6 Å². The molecule has 14 nitrogen and oxygen atoms in total. The van der Waals surface area contributed by atoms with Crippen LogP contribution in [0, 0.1) is 41.9 Å². The molecule has 2 aliphatic carbocycles. The van der Waals surface area contributed by atoms with Crippen LogP contribution in [-0.4, -0.2) is 94.5 Å². The van der Waals surface area contributed by atoms with E-state index in [0.717, 1.165) is 68.0 Å². The van der Waals surface area contributed by atoms with Crippen LogP contribution in [0.1, 0.15) is 118 Å². The maximum atomic E-state index is 13.5. The number of amides is 4. The molecular weight excluding hydrogens is 773 g/mol. The van der Waals surface area contributed by atoms with Crippen LogP contribution in [0.25, 0.3) is 0 Å². The topological polar surface area (TPSA) is 179 Å². The summed E-state index contributed by atoms with van der Waals surface area (Å²) in [6.07, 6.45) is 7.54. The average Bonchev–Trinajstić information content (AvgIpc) is 3.20. The Morgan fingerprint density at radius 3 is 2.23 bits per heavy atom. The second kappa shape index (κ2) is 17.4. The molecule has 1 aromatic heterocycles. The van der Waals surface area contributed by atoms with Gasteiger partial charge in [0.05, 0.1) is 24.0 Å². The number of ether oxygens (including phenoxy) is 2. The predicted molar refractivity (Wildman–Crippen MR) is 230 cm³/mol. The maximum Gasteiger partial charge on any atom is 0.271 e. The first-order chi connectivity index (χ1) is 28.9. The summed E-state index contributed by atoms with van der Waals surface area (Å²) in [5.41, 5.74) is 2.41. The van der Waals surface area contributed by atoms with E-state index >= 15 is 0 Å². The lowest BCUT2D eigenvalue weighted by molar-refractivity contribution is -0.164. The molecule has 4 amide bonds. The van der Waals surface area contributed by atoms with E-state index in [0.29, 0.717) is 34.9 Å². The SMILES string of the molecule is Cc1cc(O[C@H]2C(C)(C)[C@H](NC(=O)c3cnc(N4CCC(CN(C(C)C)[C@H]5C[C@H](Oc6cccc(C(=O)NC7CCC(=O)NC7=O)c6)C5)CC4)cn3)C2(C)C)cc(C)c1C#N. The fourth-order valence-corrected chi connectivity index (χ4v) is 10.2. The molecule has 4 aliphatic rings. The maximum absolute atomic E-state index is 13.5. The minimum Gasteiger partial charge on any atom is -0.490 e. The van der Waals surface area contributed by atoms with Crippen LogP contribution in [0.3, 0.4) is 0 Å². The van der Waals surface area contributed by atoms with Crippen molar-refractivity contribution in [1.82, 2.24) is 30.8 Å². The molecule has 0 spiro atoms. The highest BCUT2D eigenvalue weighted by Crippen LogP contribution is 2.55. The van der Waals surface area contributed by atoms with Gasteiger partial charge in [0.25, 0.3) is 11.8 Å². The lowest BCUT2D eigenvalue weighted by Gasteiger charge is -2.63. The Morgan fingerprint density at radius 1 is 0.934 bits per heavy atom. The van der Waals surface area contributed by atoms with Gasteiger partial charge in [-0.1, -0.05) is 33.8 Å². The second-order valence-corrected chi connectivity index (χ2v) is 18.9. The summed E-state index contributed by atoms with van der Waals surface area (Å²) >= 11 is 0. The van der Waals surface area contributed by atoms with Gasteiger partial charge in [-0.25, -0.2) is 9.97 Å². The third kappa shape index (κ3) is 9.22. The Morgan fingerprint density at radius 2 is 1.62 bits per heavy atom. The first-order valence-corrected chi connectivity index (χ1v) is 21.7. The van der Waals surface area contributed by atoms with Gasteiger partial charge in [-0.2, -0.15) is 5.26 Å². The number of anilines is 1. The molecule has 0 bridgehead atoms. The zero-order valence-electron chi connectivity index (χ0n) is 36.7. The normalized spacial score (nSPS) is 24.5. The highest BCUT2D eigenvalue weighted by Gasteiger charge is 2.64. The molecule has 3 N–H and O–H groups in total. The van der Waals surface area contributed by atoms with Gasteiger partial charge in [0.2, 0.25) is 11.8 Å². The molecule has 0 radical (unpaired) electrons. The molecule has 4 fully saturated rings. The van der Waals surface area contributed by atoms with Crippen molar-refractivity contribution >= 4 is 29.4 Å². The number of aryl methyl sites for hydroxylation is 2. The van der Waals surface area contributed by atoms with Crippen LogP contribution >= 0.6 is 0 Å². The van der Waals surface area contributed by atoms with Gasteiger partial charge in [0, 0.05) is 73.4 Å². The average molecular weight is 833 g/mol. The van der Waals surface area contributed by atoms with Gasteiger partial charge in [0.1, 0.15) is 41.3 Å². The molecule has 14 heteroatoms. The van der Waals surface area contributed by atoms with E-state index in [1.165, 1.54) is 0 Å². The molecule has 2 aliphatic heterocycles. The summed E-state index contributed by atoms with van der Waals surface area (Å²) in [6.45, 7) is 19.5. The molecule has 1 atom stereocenters. The number of carbonyl (C=O) groups is 4. The first-order valence-electron chi connectivity index (χ1n) is 21.7. The van der Waals surface area contributed by atoms with E-state index in [1.807, 2.05) is 32.0 Å². The number of piperidine rings is 2. The van der Waals surface area contributed by atoms with Crippen molar-refractivity contribution in [2.45, 2.75) is 130 Å². The summed E-state index contributed by atoms with van der Waals surface area (Å²) in [6, 6.07) is 13.0. The van der Waals surface area contributed by atoms with E-state index in [-0.39, 0.29) is 65.3 Å². The number of hydrogen-bond donors (Lipinski definition) is 3. The minimum atomic E-state index is -0.732. The highest BCUT2D eigenvalue weighted by atomic mass is 16.5. The Labute approximate surface area is 359 Å². The number of carbonyl (C=O) groups excluding carboxylic acids is 4. The van der Waals surface area contributed by atoms with Gasteiger partial charge in [-0.15, -0.1) is 0 Å². The number of nitrogens with one attached hydrogen (secondary N) is 3. The van der Waals surface area contributed by atoms with Crippen LogP contribution in [0.4, 0.5) is 5.82 Å². The zero-order valence-corrected chi connectivity index (χ0v) is 36.7. The van der Waals surface area contributed by atoms with Gasteiger partial charge in [0.15, 0.2) is 0 Å². The van der Waals surface area contributed by atoms with E-state index < -0.39 is 11.9 Å². The van der Waals surface area contributed by atoms with Crippen LogP contribution in [0.5, 0.6) is 11.5 Å². The predicted octanol–water partition coefficient (Wildman–Crippen LogP) is 5.65. The molecule has 3 heterocycles. The van der Waals surface area contributed by atoms with E-state index in [1.54, 1.807) is 30.6 Å². The van der Waals surface area contributed by atoms with Gasteiger partial charge >= 0.3 is 0 Å². The third-order valence-electron chi connectivity index (χ3n) is 13.4. The third-order valence-corrected chi connectivity index (χ3v) is 13.4. The fourth-order valence-electron chi connectivity index (χ4n) is 10.2. The summed E-state index contributed by atoms with van der Waals surface area (Å²) in [4.78, 5) is 64.1. The van der Waals surface area contributed by atoms with Gasteiger partial charge < -0.3 is 25.0 Å². The zero-order chi connectivity index (χ0) is 43.8. The number of rotatable bonds is 13. The number of imide groups is 1. The van der Waals surface area contributed by atoms with Crippen molar-refractivity contribution < 1.29 is 28.7 Å². The monoisotopic (exact) mass is 832 g/mol. The molecule has 2 aromatic carbocycles. The first kappa shape index (κ1) is 43.5. The van der Waals surface area contributed by atoms with Crippen molar-refractivity contribution in [2.75, 3.05) is 24.5 Å². The molecule has 61 heavy (non-hydrogen) atoms. The minimum absolute atomic E-state index is 0.0524. The number of aromatic nitrogens is 2. The number of nitriles is 1.